The van der Waals surface area contributed by atoms with Gasteiger partial charge in [0.1, 0.15) is 16.7 Å². The van der Waals surface area contributed by atoms with Crippen LogP contribution in [0.5, 0.6) is 5.75 Å². The van der Waals surface area contributed by atoms with E-state index in [4.69, 9.17) is 5.73 Å². The molecule has 30 heavy (non-hydrogen) atoms. The van der Waals surface area contributed by atoms with E-state index < -0.39 is 17.2 Å². The number of nitrogens with one attached hydrogen (secondary N) is 2. The molecule has 5 rings (SSSR count). The number of aromatic nitrogens is 6. The van der Waals surface area contributed by atoms with E-state index in [1.165, 1.54) is 0 Å². The average Bonchev–Trinajstić information content (AvgIpc) is 3.35. The number of hydrogen-bond acceptors (Lipinski definition) is 6. The molecule has 0 spiro atoms. The maximum absolute atomic E-state index is 11.8. The summed E-state index contributed by atoms with van der Waals surface area (Å²) in [6, 6.07) is 7.17. The third-order valence-electron chi connectivity index (χ3n) is 4.86. The van der Waals surface area contributed by atoms with E-state index in [2.05, 4.69) is 25.0 Å². The van der Waals surface area contributed by atoms with E-state index in [0.29, 0.717) is 17.8 Å². The third-order valence-corrected chi connectivity index (χ3v) is 4.86. The van der Waals surface area contributed by atoms with Crippen LogP contribution in [-0.2, 0) is 6.54 Å². The van der Waals surface area contributed by atoms with Crippen molar-refractivity contribution in [1.82, 2.24) is 29.7 Å². The number of aromatic hydroxyl groups is 1. The second-order valence-corrected chi connectivity index (χ2v) is 6.77. The van der Waals surface area contributed by atoms with Crippen LogP contribution < -0.4 is 11.3 Å². The van der Waals surface area contributed by atoms with Crippen LogP contribution in [-0.4, -0.2) is 40.7 Å². The number of primary amides is 1. The van der Waals surface area contributed by atoms with Crippen molar-refractivity contribution in [3.05, 3.63) is 70.7 Å². The summed E-state index contributed by atoms with van der Waals surface area (Å²) in [5.74, 6) is -1.67. The molecular formula is C20H15N7O3. The molecule has 0 saturated heterocycles. The van der Waals surface area contributed by atoms with Gasteiger partial charge in [-0.2, -0.15) is 5.10 Å². The summed E-state index contributed by atoms with van der Waals surface area (Å²) in [6.45, 7) is 0.314. The van der Waals surface area contributed by atoms with Gasteiger partial charge in [0.25, 0.3) is 11.5 Å². The molecule has 0 aliphatic heterocycles. The summed E-state index contributed by atoms with van der Waals surface area (Å²) < 4.78 is 1.70. The molecule has 0 aliphatic rings. The fraction of sp³-hybridized carbons (Fsp3) is 0.0500. The molecule has 5 aromatic heterocycles. The normalized spacial score (nSPS) is 11.3. The first-order valence-electron chi connectivity index (χ1n) is 9.01. The Morgan fingerprint density at radius 1 is 1.27 bits per heavy atom. The second kappa shape index (κ2) is 6.55. The van der Waals surface area contributed by atoms with Crippen molar-refractivity contribution >= 4 is 28.0 Å². The first kappa shape index (κ1) is 17.6. The van der Waals surface area contributed by atoms with Gasteiger partial charge in [0.15, 0.2) is 5.75 Å². The van der Waals surface area contributed by atoms with Crippen LogP contribution in [0, 0.1) is 0 Å². The van der Waals surface area contributed by atoms with E-state index in [9.17, 15) is 14.7 Å². The van der Waals surface area contributed by atoms with Gasteiger partial charge in [-0.25, -0.2) is 9.97 Å². The maximum Gasteiger partial charge on any atom is 0.291 e. The fourth-order valence-corrected chi connectivity index (χ4v) is 3.47. The van der Waals surface area contributed by atoms with E-state index in [-0.39, 0.29) is 11.1 Å². The number of aromatic amines is 2. The fourth-order valence-electron chi connectivity index (χ4n) is 3.47. The Labute approximate surface area is 168 Å². The molecule has 0 aromatic carbocycles. The molecule has 1 amide bonds. The van der Waals surface area contributed by atoms with Crippen molar-refractivity contribution < 1.29 is 9.90 Å². The molecule has 0 aliphatic carbocycles. The van der Waals surface area contributed by atoms with Gasteiger partial charge in [-0.15, -0.1) is 0 Å². The van der Waals surface area contributed by atoms with E-state index in [1.54, 1.807) is 29.2 Å². The number of hydrogen-bond donors (Lipinski definition) is 4. The van der Waals surface area contributed by atoms with Crippen molar-refractivity contribution in [3.8, 4) is 16.9 Å². The highest BCUT2D eigenvalue weighted by atomic mass is 16.3. The van der Waals surface area contributed by atoms with Crippen LogP contribution in [0.25, 0.3) is 33.2 Å². The average molecular weight is 401 g/mol. The number of rotatable bonds is 4. The molecule has 0 atom stereocenters. The van der Waals surface area contributed by atoms with Gasteiger partial charge in [0, 0.05) is 35.1 Å². The lowest BCUT2D eigenvalue weighted by atomic mass is 10.1. The summed E-state index contributed by atoms with van der Waals surface area (Å²) >= 11 is 0. The van der Waals surface area contributed by atoms with Gasteiger partial charge < -0.3 is 20.8 Å². The molecule has 5 heterocycles. The Bertz CT molecular complexity index is 1500. The summed E-state index contributed by atoms with van der Waals surface area (Å²) in [6.07, 6.45) is 7.23. The van der Waals surface area contributed by atoms with Gasteiger partial charge in [-0.05, 0) is 24.3 Å². The van der Waals surface area contributed by atoms with Gasteiger partial charge >= 0.3 is 0 Å². The standard InChI is InChI=1S/C20H15N7O3/c21-18(29)15-16-14(26-20(30)17(15)28)4-3-11(25-16)9-27-8-10(6-24-27)13-7-23-19-12(13)2-1-5-22-19/h1-8,28H,9H2,(H2,21,29)(H,22,23)(H,26,30). The largest absolute Gasteiger partial charge is 0.502 e. The number of carbonyl (C=O) groups excluding carboxylic acids is 1. The van der Waals surface area contributed by atoms with Gasteiger partial charge in [-0.1, -0.05) is 0 Å². The number of nitrogens with two attached hydrogens (primary N) is 1. The molecule has 0 unspecified atom stereocenters. The van der Waals surface area contributed by atoms with Gasteiger partial charge in [0.2, 0.25) is 0 Å². The summed E-state index contributed by atoms with van der Waals surface area (Å²) in [5.41, 5.74) is 7.94. The minimum Gasteiger partial charge on any atom is -0.502 e. The number of carbonyl (C=O) groups is 1. The van der Waals surface area contributed by atoms with Crippen LogP contribution in [0.15, 0.2) is 53.8 Å². The lowest BCUT2D eigenvalue weighted by Crippen LogP contribution is -2.18. The highest BCUT2D eigenvalue weighted by Gasteiger charge is 2.18. The van der Waals surface area contributed by atoms with E-state index in [1.807, 2.05) is 24.5 Å². The summed E-state index contributed by atoms with van der Waals surface area (Å²) in [4.78, 5) is 37.8. The van der Waals surface area contributed by atoms with Gasteiger partial charge in [0.05, 0.1) is 24.0 Å². The van der Waals surface area contributed by atoms with Crippen LogP contribution in [0.1, 0.15) is 16.1 Å². The van der Waals surface area contributed by atoms with E-state index in [0.717, 1.165) is 22.2 Å². The first-order chi connectivity index (χ1) is 14.5. The number of amides is 1. The molecule has 0 saturated carbocycles. The molecule has 5 N–H and O–H groups in total. The number of fused-ring (bicyclic) bond motifs is 2. The topological polar surface area (TPSA) is 156 Å². The lowest BCUT2D eigenvalue weighted by molar-refractivity contribution is 0.0999. The molecule has 0 fully saturated rings. The Balaban J connectivity index is 1.52. The molecule has 10 heteroatoms. The minimum atomic E-state index is -0.928. The molecule has 10 nitrogen and oxygen atoms in total. The number of pyridine rings is 3. The quantitative estimate of drug-likeness (QED) is 0.358. The van der Waals surface area contributed by atoms with Crippen molar-refractivity contribution in [2.24, 2.45) is 5.73 Å². The van der Waals surface area contributed by atoms with Crippen molar-refractivity contribution in [3.63, 3.8) is 0 Å². The Morgan fingerprint density at radius 2 is 2.13 bits per heavy atom. The van der Waals surface area contributed by atoms with Crippen LogP contribution in [0.3, 0.4) is 0 Å². The first-order valence-corrected chi connectivity index (χ1v) is 9.01. The molecule has 0 radical (unpaired) electrons. The monoisotopic (exact) mass is 401 g/mol. The predicted molar refractivity (Wildman–Crippen MR) is 109 cm³/mol. The van der Waals surface area contributed by atoms with E-state index >= 15 is 0 Å². The zero-order valence-corrected chi connectivity index (χ0v) is 15.5. The SMILES string of the molecule is NC(=O)c1c(O)c(=O)[nH]c2ccc(Cn3cc(-c4c[nH]c5ncccc45)cn3)nc12. The van der Waals surface area contributed by atoms with Crippen molar-refractivity contribution in [2.75, 3.05) is 0 Å². The van der Waals surface area contributed by atoms with Crippen LogP contribution in [0.4, 0.5) is 0 Å². The molecular weight excluding hydrogens is 386 g/mol. The maximum atomic E-state index is 11.8. The Kier molecular flexibility index (Phi) is 3.85. The van der Waals surface area contributed by atoms with Crippen LogP contribution in [0.2, 0.25) is 0 Å². The number of nitrogens with zero attached hydrogens (tertiary/aromatic N) is 4. The van der Waals surface area contributed by atoms with Crippen molar-refractivity contribution in [2.45, 2.75) is 6.54 Å². The zero-order valence-electron chi connectivity index (χ0n) is 15.5. The predicted octanol–water partition coefficient (Wildman–Crippen LogP) is 1.52. The Morgan fingerprint density at radius 3 is 2.97 bits per heavy atom. The highest BCUT2D eigenvalue weighted by Crippen LogP contribution is 2.27. The third kappa shape index (κ3) is 2.78. The molecule has 148 valence electrons. The van der Waals surface area contributed by atoms with Crippen LogP contribution >= 0.6 is 0 Å². The minimum absolute atomic E-state index is 0.132. The zero-order chi connectivity index (χ0) is 20.8. The summed E-state index contributed by atoms with van der Waals surface area (Å²) in [5, 5.41) is 15.3. The Hall–Kier alpha value is -4.47. The van der Waals surface area contributed by atoms with Gasteiger partial charge in [-0.3, -0.25) is 14.3 Å². The smallest absolute Gasteiger partial charge is 0.291 e. The second-order valence-electron chi connectivity index (χ2n) is 6.77. The number of H-pyrrole nitrogens is 2. The molecule has 0 bridgehead atoms. The summed E-state index contributed by atoms with van der Waals surface area (Å²) in [7, 11) is 0. The highest BCUT2D eigenvalue weighted by molar-refractivity contribution is 6.06. The lowest BCUT2D eigenvalue weighted by Gasteiger charge is -2.07. The molecule has 5 aromatic rings. The van der Waals surface area contributed by atoms with Crippen molar-refractivity contribution in [1.29, 1.82) is 0 Å².